The Kier molecular flexibility index (Phi) is 2.80. The van der Waals surface area contributed by atoms with Gasteiger partial charge in [-0.3, -0.25) is 9.00 Å². The third-order valence-electron chi connectivity index (χ3n) is 2.13. The molecule has 0 saturated heterocycles. The van der Waals surface area contributed by atoms with E-state index in [1.54, 1.807) is 0 Å². The van der Waals surface area contributed by atoms with Crippen molar-refractivity contribution in [2.45, 2.75) is 43.6 Å². The molecule has 3 nitrogen and oxygen atoms in total. The first kappa shape index (κ1) is 10.7. The molecular formula is C9H16O3S. The highest BCUT2D eigenvalue weighted by Crippen LogP contribution is 2.37. The Morgan fingerprint density at radius 2 is 1.92 bits per heavy atom. The van der Waals surface area contributed by atoms with E-state index in [1.165, 1.54) is 0 Å². The molecule has 0 aromatic rings. The van der Waals surface area contributed by atoms with Crippen molar-refractivity contribution in [3.8, 4) is 0 Å². The van der Waals surface area contributed by atoms with Gasteiger partial charge in [-0.05, 0) is 39.5 Å². The first-order valence-corrected chi connectivity index (χ1v) is 5.69. The maximum absolute atomic E-state index is 11.8. The van der Waals surface area contributed by atoms with E-state index in [0.29, 0.717) is 0 Å². The molecular weight excluding hydrogens is 188 g/mol. The smallest absolute Gasteiger partial charge is 0.319 e. The lowest BCUT2D eigenvalue weighted by atomic mass is 10.2. The van der Waals surface area contributed by atoms with E-state index in [4.69, 9.17) is 5.11 Å². The molecule has 1 N–H and O–H groups in total. The molecule has 1 fully saturated rings. The van der Waals surface area contributed by atoms with Gasteiger partial charge in [-0.2, -0.15) is 0 Å². The van der Waals surface area contributed by atoms with E-state index in [0.717, 1.165) is 12.8 Å². The number of rotatable bonds is 3. The number of carbonyl (C=O) groups is 1. The van der Waals surface area contributed by atoms with Gasteiger partial charge in [0.15, 0.2) is 0 Å². The average Bonchev–Trinajstić information content (AvgIpc) is 2.68. The van der Waals surface area contributed by atoms with Gasteiger partial charge >= 0.3 is 5.97 Å². The summed E-state index contributed by atoms with van der Waals surface area (Å²) in [5, 5.41) is 8.27. The van der Waals surface area contributed by atoms with Gasteiger partial charge in [0.1, 0.15) is 5.25 Å². The monoisotopic (exact) mass is 204 g/mol. The third-order valence-corrected chi connectivity index (χ3v) is 4.38. The largest absolute Gasteiger partial charge is 0.480 e. The Labute approximate surface area is 81.0 Å². The average molecular weight is 204 g/mol. The van der Waals surface area contributed by atoms with Gasteiger partial charge in [-0.1, -0.05) is 0 Å². The molecule has 13 heavy (non-hydrogen) atoms. The third kappa shape index (κ3) is 2.53. The summed E-state index contributed by atoms with van der Waals surface area (Å²) in [6, 6.07) is 0. The Morgan fingerprint density at radius 3 is 2.15 bits per heavy atom. The Morgan fingerprint density at radius 1 is 1.46 bits per heavy atom. The molecule has 0 bridgehead atoms. The normalized spacial score (nSPS) is 22.4. The molecule has 0 aromatic heterocycles. The van der Waals surface area contributed by atoms with Crippen LogP contribution in [0.1, 0.15) is 33.6 Å². The first-order chi connectivity index (χ1) is 5.84. The predicted molar refractivity (Wildman–Crippen MR) is 52.0 cm³/mol. The highest BCUT2D eigenvalue weighted by atomic mass is 32.2. The highest BCUT2D eigenvalue weighted by molar-refractivity contribution is 7.87. The molecule has 0 aliphatic heterocycles. The van der Waals surface area contributed by atoms with E-state index in [9.17, 15) is 9.00 Å². The fraction of sp³-hybridized carbons (Fsp3) is 0.889. The maximum Gasteiger partial charge on any atom is 0.319 e. The minimum Gasteiger partial charge on any atom is -0.480 e. The Hall–Kier alpha value is -0.380. The van der Waals surface area contributed by atoms with Gasteiger partial charge in [-0.25, -0.2) is 0 Å². The van der Waals surface area contributed by atoms with Crippen LogP contribution in [-0.4, -0.2) is 25.3 Å². The molecule has 0 amide bonds. The zero-order valence-corrected chi connectivity index (χ0v) is 9.06. The second kappa shape index (κ2) is 3.40. The zero-order valence-electron chi connectivity index (χ0n) is 8.24. The van der Waals surface area contributed by atoms with Crippen molar-refractivity contribution in [3.05, 3.63) is 0 Å². The Bertz CT molecular complexity index is 238. The summed E-state index contributed by atoms with van der Waals surface area (Å²) in [6.07, 6.45) is 1.83. The van der Waals surface area contributed by atoms with Crippen molar-refractivity contribution in [1.82, 2.24) is 0 Å². The van der Waals surface area contributed by atoms with E-state index >= 15 is 0 Å². The molecule has 76 valence electrons. The van der Waals surface area contributed by atoms with Crippen LogP contribution >= 0.6 is 0 Å². The number of hydrogen-bond acceptors (Lipinski definition) is 2. The van der Waals surface area contributed by atoms with Crippen molar-refractivity contribution < 1.29 is 14.1 Å². The van der Waals surface area contributed by atoms with Crippen LogP contribution < -0.4 is 0 Å². The quantitative estimate of drug-likeness (QED) is 0.756. The van der Waals surface area contributed by atoms with Gasteiger partial charge in [0.25, 0.3) is 0 Å². The van der Waals surface area contributed by atoms with Gasteiger partial charge in [0, 0.05) is 15.5 Å². The maximum atomic E-state index is 11.8. The number of hydrogen-bond donors (Lipinski definition) is 1. The number of carboxylic acids is 1. The summed E-state index contributed by atoms with van der Waals surface area (Å²) in [4.78, 5) is 10.9. The molecule has 1 aliphatic rings. The molecule has 1 rings (SSSR count). The van der Waals surface area contributed by atoms with Crippen LogP contribution in [0.5, 0.6) is 0 Å². The lowest BCUT2D eigenvalue weighted by Crippen LogP contribution is -2.38. The summed E-state index contributed by atoms with van der Waals surface area (Å²) in [5.74, 6) is -0.756. The summed E-state index contributed by atoms with van der Waals surface area (Å²) in [5.41, 5.74) is 0. The van der Waals surface area contributed by atoms with Crippen molar-refractivity contribution in [2.75, 3.05) is 0 Å². The second-order valence-electron chi connectivity index (χ2n) is 4.51. The van der Waals surface area contributed by atoms with Crippen LogP contribution in [0.15, 0.2) is 0 Å². The first-order valence-electron chi connectivity index (χ1n) is 4.47. The van der Waals surface area contributed by atoms with Crippen LogP contribution in [-0.2, 0) is 15.6 Å². The van der Waals surface area contributed by atoms with Crippen LogP contribution in [0.3, 0.4) is 0 Å². The molecule has 1 saturated carbocycles. The second-order valence-corrected chi connectivity index (χ2v) is 6.83. The van der Waals surface area contributed by atoms with E-state index in [-0.39, 0.29) is 5.92 Å². The fourth-order valence-electron chi connectivity index (χ4n) is 1.25. The number of carboxylic acid groups (broad SMARTS) is 1. The summed E-state index contributed by atoms with van der Waals surface area (Å²) in [7, 11) is -1.27. The Balaban J connectivity index is 2.76. The van der Waals surface area contributed by atoms with Crippen molar-refractivity contribution in [1.29, 1.82) is 0 Å². The van der Waals surface area contributed by atoms with Crippen LogP contribution in [0.2, 0.25) is 0 Å². The van der Waals surface area contributed by atoms with E-state index < -0.39 is 26.8 Å². The van der Waals surface area contributed by atoms with Crippen LogP contribution in [0.25, 0.3) is 0 Å². The predicted octanol–water partition coefficient (Wildman–Crippen LogP) is 1.40. The summed E-state index contributed by atoms with van der Waals surface area (Å²) < 4.78 is 11.4. The minimum atomic E-state index is -1.27. The molecule has 0 heterocycles. The van der Waals surface area contributed by atoms with Crippen LogP contribution in [0.4, 0.5) is 0 Å². The molecule has 0 aromatic carbocycles. The number of aliphatic carboxylic acids is 1. The van der Waals surface area contributed by atoms with Gasteiger partial charge in [0.2, 0.25) is 0 Å². The van der Waals surface area contributed by atoms with Gasteiger partial charge < -0.3 is 5.11 Å². The molecule has 0 spiro atoms. The zero-order chi connectivity index (χ0) is 10.2. The summed E-state index contributed by atoms with van der Waals surface area (Å²) >= 11 is 0. The molecule has 4 heteroatoms. The van der Waals surface area contributed by atoms with E-state index in [2.05, 4.69) is 0 Å². The molecule has 2 atom stereocenters. The van der Waals surface area contributed by atoms with Crippen molar-refractivity contribution in [3.63, 3.8) is 0 Å². The van der Waals surface area contributed by atoms with Gasteiger partial charge in [0.05, 0.1) is 0 Å². The lowest BCUT2D eigenvalue weighted by Gasteiger charge is -2.22. The highest BCUT2D eigenvalue weighted by Gasteiger charge is 2.43. The molecule has 1 aliphatic carbocycles. The van der Waals surface area contributed by atoms with Gasteiger partial charge in [-0.15, -0.1) is 0 Å². The summed E-state index contributed by atoms with van der Waals surface area (Å²) in [6.45, 7) is 5.46. The van der Waals surface area contributed by atoms with Crippen LogP contribution in [0, 0.1) is 5.92 Å². The minimum absolute atomic E-state index is 0.151. The standard InChI is InChI=1S/C9H16O3S/c1-9(2,3)13(12)7(8(10)11)6-4-5-6/h6-7H,4-5H2,1-3H3,(H,10,11). The molecule has 0 radical (unpaired) electrons. The SMILES string of the molecule is CC(C)(C)S(=O)C(C(=O)O)C1CC1. The van der Waals surface area contributed by atoms with E-state index in [1.807, 2.05) is 20.8 Å². The molecule has 2 unspecified atom stereocenters. The van der Waals surface area contributed by atoms with Crippen molar-refractivity contribution >= 4 is 16.8 Å². The topological polar surface area (TPSA) is 54.4 Å². The lowest BCUT2D eigenvalue weighted by molar-refractivity contribution is -0.136. The fourth-order valence-corrected chi connectivity index (χ4v) is 2.81. The van der Waals surface area contributed by atoms with Crippen molar-refractivity contribution in [2.24, 2.45) is 5.92 Å².